The van der Waals surface area contributed by atoms with Gasteiger partial charge in [-0.25, -0.2) is 8.42 Å². The summed E-state index contributed by atoms with van der Waals surface area (Å²) in [5, 5.41) is 0. The normalized spacial score (nSPS) is 18.4. The van der Waals surface area contributed by atoms with Gasteiger partial charge in [0.15, 0.2) is 9.84 Å². The van der Waals surface area contributed by atoms with E-state index in [4.69, 9.17) is 0 Å². The molecule has 2 saturated heterocycles. The van der Waals surface area contributed by atoms with Gasteiger partial charge in [-0.2, -0.15) is 0 Å². The molecule has 40 heavy (non-hydrogen) atoms. The predicted molar refractivity (Wildman–Crippen MR) is 159 cm³/mol. The first-order valence-corrected chi connectivity index (χ1v) is 16.7. The number of carbonyl (C=O) groups excluding carboxylic acids is 2. The second-order valence-electron chi connectivity index (χ2n) is 11.5. The molecule has 2 amide bonds. The van der Waals surface area contributed by atoms with E-state index in [0.717, 1.165) is 70.4 Å². The number of amides is 2. The van der Waals surface area contributed by atoms with Gasteiger partial charge < -0.3 is 14.7 Å². The molecule has 0 aliphatic carbocycles. The van der Waals surface area contributed by atoms with E-state index in [1.807, 2.05) is 16.7 Å². The summed E-state index contributed by atoms with van der Waals surface area (Å²) in [6, 6.07) is 17.8. The molecule has 0 radical (unpaired) electrons. The highest BCUT2D eigenvalue weighted by atomic mass is 32.2. The van der Waals surface area contributed by atoms with Crippen LogP contribution in [0, 0.1) is 5.92 Å². The Bertz CT molecular complexity index is 1220. The standard InChI is InChI=1S/C32H45N3O4S/c1-4-35(32(37)24-26-10-12-30(13-11-26)40(3,38)39)29-16-19-33(20-17-29)21-18-31(27-8-6-5-7-9-27)28-14-22-34(23-15-28)25(2)36/h5-13,28-29,31H,4,14-24H2,1-3H3. The average molecular weight is 568 g/mol. The van der Waals surface area contributed by atoms with E-state index < -0.39 is 9.84 Å². The summed E-state index contributed by atoms with van der Waals surface area (Å²) in [6.07, 6.45) is 6.66. The minimum absolute atomic E-state index is 0.106. The Morgan fingerprint density at radius 1 is 0.925 bits per heavy atom. The third-order valence-corrected chi connectivity index (χ3v) is 10.0. The number of hydrogen-bond donors (Lipinski definition) is 0. The van der Waals surface area contributed by atoms with Gasteiger partial charge in [0.05, 0.1) is 11.3 Å². The van der Waals surface area contributed by atoms with Gasteiger partial charge in [0.2, 0.25) is 11.8 Å². The lowest BCUT2D eigenvalue weighted by Gasteiger charge is -2.40. The number of rotatable bonds is 10. The molecular formula is C32H45N3O4S. The number of likely N-dealkylation sites (N-methyl/N-ethyl adjacent to an activating group) is 1. The van der Waals surface area contributed by atoms with Crippen LogP contribution in [0.5, 0.6) is 0 Å². The maximum atomic E-state index is 13.2. The van der Waals surface area contributed by atoms with Crippen LogP contribution in [-0.2, 0) is 25.8 Å². The number of likely N-dealkylation sites (tertiary alicyclic amines) is 2. The van der Waals surface area contributed by atoms with Crippen LogP contribution in [0.3, 0.4) is 0 Å². The van der Waals surface area contributed by atoms with Gasteiger partial charge in [-0.05, 0) is 80.7 Å². The van der Waals surface area contributed by atoms with E-state index in [1.165, 1.54) is 11.8 Å². The fraction of sp³-hybridized carbons (Fsp3) is 0.562. The Balaban J connectivity index is 1.30. The second kappa shape index (κ2) is 13.8. The van der Waals surface area contributed by atoms with Crippen LogP contribution >= 0.6 is 0 Å². The first-order chi connectivity index (χ1) is 19.2. The summed E-state index contributed by atoms with van der Waals surface area (Å²) in [5.74, 6) is 1.38. The minimum Gasteiger partial charge on any atom is -0.343 e. The molecule has 0 saturated carbocycles. The molecule has 0 aromatic heterocycles. The van der Waals surface area contributed by atoms with Crippen LogP contribution in [0.4, 0.5) is 0 Å². The molecule has 7 nitrogen and oxygen atoms in total. The van der Waals surface area contributed by atoms with Crippen molar-refractivity contribution in [1.29, 1.82) is 0 Å². The Kier molecular flexibility index (Phi) is 10.4. The molecule has 218 valence electrons. The highest BCUT2D eigenvalue weighted by Gasteiger charge is 2.31. The van der Waals surface area contributed by atoms with Gasteiger partial charge in [0.25, 0.3) is 0 Å². The molecule has 2 aromatic carbocycles. The lowest BCUT2D eigenvalue weighted by Crippen LogP contribution is -2.48. The molecule has 1 atom stereocenters. The molecule has 4 rings (SSSR count). The van der Waals surface area contributed by atoms with Gasteiger partial charge in [0.1, 0.15) is 0 Å². The van der Waals surface area contributed by atoms with E-state index in [0.29, 0.717) is 24.8 Å². The van der Waals surface area contributed by atoms with Gasteiger partial charge in [-0.1, -0.05) is 42.5 Å². The van der Waals surface area contributed by atoms with Crippen LogP contribution in [-0.4, -0.2) is 86.5 Å². The van der Waals surface area contributed by atoms with Gasteiger partial charge in [0, 0.05) is 51.9 Å². The fourth-order valence-corrected chi connectivity index (χ4v) is 7.17. The van der Waals surface area contributed by atoms with Gasteiger partial charge in [-0.15, -0.1) is 0 Å². The van der Waals surface area contributed by atoms with Crippen molar-refractivity contribution in [2.45, 2.75) is 69.2 Å². The van der Waals surface area contributed by atoms with Crippen LogP contribution in [0.2, 0.25) is 0 Å². The number of hydrogen-bond acceptors (Lipinski definition) is 5. The van der Waals surface area contributed by atoms with E-state index in [9.17, 15) is 18.0 Å². The largest absolute Gasteiger partial charge is 0.343 e. The van der Waals surface area contributed by atoms with Crippen molar-refractivity contribution in [2.24, 2.45) is 5.92 Å². The number of carbonyl (C=O) groups is 2. The lowest BCUT2D eigenvalue weighted by molar-refractivity contribution is -0.133. The van der Waals surface area contributed by atoms with Crippen LogP contribution in [0.15, 0.2) is 59.5 Å². The fourth-order valence-electron chi connectivity index (χ4n) is 6.54. The molecule has 2 fully saturated rings. The van der Waals surface area contributed by atoms with Gasteiger partial charge >= 0.3 is 0 Å². The topological polar surface area (TPSA) is 78.0 Å². The molecule has 1 unspecified atom stereocenters. The quantitative estimate of drug-likeness (QED) is 0.426. The summed E-state index contributed by atoms with van der Waals surface area (Å²) in [6.45, 7) is 9.13. The predicted octanol–water partition coefficient (Wildman–Crippen LogP) is 4.38. The minimum atomic E-state index is -3.24. The van der Waals surface area contributed by atoms with Crippen LogP contribution < -0.4 is 0 Å². The average Bonchev–Trinajstić information content (AvgIpc) is 2.95. The summed E-state index contributed by atoms with van der Waals surface area (Å²) in [7, 11) is -3.24. The third-order valence-electron chi connectivity index (χ3n) is 8.90. The number of piperidine rings is 2. The molecule has 0 bridgehead atoms. The zero-order chi connectivity index (χ0) is 28.7. The zero-order valence-electron chi connectivity index (χ0n) is 24.3. The van der Waals surface area contributed by atoms with E-state index in [-0.39, 0.29) is 22.8 Å². The zero-order valence-corrected chi connectivity index (χ0v) is 25.1. The van der Waals surface area contributed by atoms with Crippen molar-refractivity contribution in [3.05, 3.63) is 65.7 Å². The SMILES string of the molecule is CCN(C(=O)Cc1ccc(S(C)(=O)=O)cc1)C1CCN(CCC(c2ccccc2)C2CCN(C(C)=O)CC2)CC1. The van der Waals surface area contributed by atoms with Gasteiger partial charge in [-0.3, -0.25) is 9.59 Å². The number of benzene rings is 2. The highest BCUT2D eigenvalue weighted by Crippen LogP contribution is 2.36. The van der Waals surface area contributed by atoms with Crippen molar-refractivity contribution in [3.63, 3.8) is 0 Å². The van der Waals surface area contributed by atoms with Crippen molar-refractivity contribution in [1.82, 2.24) is 14.7 Å². The maximum Gasteiger partial charge on any atom is 0.227 e. The first-order valence-electron chi connectivity index (χ1n) is 14.8. The van der Waals surface area contributed by atoms with Crippen molar-refractivity contribution in [3.8, 4) is 0 Å². The Hall–Kier alpha value is -2.71. The Labute approximate surface area is 240 Å². The molecule has 8 heteroatoms. The van der Waals surface area contributed by atoms with E-state index >= 15 is 0 Å². The molecule has 2 aliphatic rings. The Morgan fingerprint density at radius 2 is 1.55 bits per heavy atom. The number of sulfone groups is 1. The third kappa shape index (κ3) is 7.94. The molecule has 2 heterocycles. The van der Waals surface area contributed by atoms with Crippen molar-refractivity contribution in [2.75, 3.05) is 45.5 Å². The van der Waals surface area contributed by atoms with Crippen molar-refractivity contribution >= 4 is 21.7 Å². The second-order valence-corrected chi connectivity index (χ2v) is 13.5. The molecule has 2 aliphatic heterocycles. The first kappa shape index (κ1) is 30.3. The van der Waals surface area contributed by atoms with Crippen LogP contribution in [0.25, 0.3) is 0 Å². The summed E-state index contributed by atoms with van der Waals surface area (Å²) in [4.78, 5) is 31.8. The summed E-state index contributed by atoms with van der Waals surface area (Å²) < 4.78 is 23.5. The maximum absolute atomic E-state index is 13.2. The molecular weight excluding hydrogens is 522 g/mol. The molecule has 2 aromatic rings. The van der Waals surface area contributed by atoms with E-state index in [2.05, 4.69) is 35.2 Å². The monoisotopic (exact) mass is 567 g/mol. The molecule has 0 spiro atoms. The smallest absolute Gasteiger partial charge is 0.227 e. The van der Waals surface area contributed by atoms with E-state index in [1.54, 1.807) is 31.2 Å². The number of nitrogens with zero attached hydrogens (tertiary/aromatic N) is 3. The Morgan fingerprint density at radius 3 is 2.10 bits per heavy atom. The highest BCUT2D eigenvalue weighted by molar-refractivity contribution is 7.90. The van der Waals surface area contributed by atoms with Crippen molar-refractivity contribution < 1.29 is 18.0 Å². The molecule has 0 N–H and O–H groups in total. The summed E-state index contributed by atoms with van der Waals surface area (Å²) in [5.41, 5.74) is 2.25. The summed E-state index contributed by atoms with van der Waals surface area (Å²) >= 11 is 0. The lowest BCUT2D eigenvalue weighted by atomic mass is 9.78. The van der Waals surface area contributed by atoms with Crippen LogP contribution in [0.1, 0.15) is 63.0 Å².